The molecule has 0 amide bonds. The third-order valence-corrected chi connectivity index (χ3v) is 4.48. The molecule has 21 heavy (non-hydrogen) atoms. The van der Waals surface area contributed by atoms with E-state index in [0.717, 1.165) is 18.4 Å². The first kappa shape index (κ1) is 14.1. The maximum atomic E-state index is 12.8. The number of fused-ring (bicyclic) bond motifs is 1. The van der Waals surface area contributed by atoms with E-state index in [9.17, 15) is 4.79 Å². The standard InChI is InChI=1S/C20H22O/c1-20(2,3)16-11-8-15(9-12-16)19(21)18-13-10-14-6-4-5-7-17(14)18/h4-9,11-12,18H,10,13H2,1-3H3. The summed E-state index contributed by atoms with van der Waals surface area (Å²) < 4.78 is 0. The van der Waals surface area contributed by atoms with Crippen LogP contribution in [0.25, 0.3) is 0 Å². The van der Waals surface area contributed by atoms with Crippen LogP contribution >= 0.6 is 0 Å². The van der Waals surface area contributed by atoms with Gasteiger partial charge in [-0.3, -0.25) is 4.79 Å². The number of Topliss-reactive ketones (excluding diaryl/α,β-unsaturated/α-hetero) is 1. The van der Waals surface area contributed by atoms with Crippen LogP contribution in [0, 0.1) is 0 Å². The van der Waals surface area contributed by atoms with E-state index in [-0.39, 0.29) is 17.1 Å². The van der Waals surface area contributed by atoms with Crippen molar-refractivity contribution in [1.29, 1.82) is 0 Å². The third kappa shape index (κ3) is 2.65. The highest BCUT2D eigenvalue weighted by molar-refractivity contribution is 6.01. The maximum absolute atomic E-state index is 12.8. The highest BCUT2D eigenvalue weighted by Gasteiger charge is 2.28. The Balaban J connectivity index is 1.87. The van der Waals surface area contributed by atoms with Crippen LogP contribution in [0.4, 0.5) is 0 Å². The molecule has 1 atom stereocenters. The molecule has 3 rings (SSSR count). The van der Waals surface area contributed by atoms with Crippen molar-refractivity contribution in [1.82, 2.24) is 0 Å². The number of benzene rings is 2. The number of hydrogen-bond donors (Lipinski definition) is 0. The Morgan fingerprint density at radius 1 is 1.00 bits per heavy atom. The minimum absolute atomic E-state index is 0.0432. The second-order valence-corrected chi connectivity index (χ2v) is 6.98. The van der Waals surface area contributed by atoms with Gasteiger partial charge >= 0.3 is 0 Å². The molecule has 0 N–H and O–H groups in total. The average Bonchev–Trinajstić information content (AvgIpc) is 2.90. The first-order chi connectivity index (χ1) is 9.97. The molecule has 0 radical (unpaired) electrons. The molecule has 0 saturated carbocycles. The van der Waals surface area contributed by atoms with Gasteiger partial charge in [0.05, 0.1) is 0 Å². The van der Waals surface area contributed by atoms with Crippen LogP contribution < -0.4 is 0 Å². The van der Waals surface area contributed by atoms with Crippen molar-refractivity contribution in [2.75, 3.05) is 0 Å². The van der Waals surface area contributed by atoms with Crippen LogP contribution in [0.5, 0.6) is 0 Å². The Morgan fingerprint density at radius 3 is 2.33 bits per heavy atom. The van der Waals surface area contributed by atoms with E-state index < -0.39 is 0 Å². The van der Waals surface area contributed by atoms with Crippen LogP contribution in [0.1, 0.15) is 60.2 Å². The first-order valence-corrected chi connectivity index (χ1v) is 7.69. The van der Waals surface area contributed by atoms with Crippen molar-refractivity contribution in [2.45, 2.75) is 44.9 Å². The monoisotopic (exact) mass is 278 g/mol. The normalized spacial score (nSPS) is 17.6. The van der Waals surface area contributed by atoms with E-state index in [1.54, 1.807) is 0 Å². The Morgan fingerprint density at radius 2 is 1.67 bits per heavy atom. The first-order valence-electron chi connectivity index (χ1n) is 7.69. The van der Waals surface area contributed by atoms with Gasteiger partial charge in [-0.1, -0.05) is 69.3 Å². The van der Waals surface area contributed by atoms with Crippen molar-refractivity contribution in [2.24, 2.45) is 0 Å². The summed E-state index contributed by atoms with van der Waals surface area (Å²) in [5, 5.41) is 0. The SMILES string of the molecule is CC(C)(C)c1ccc(C(=O)C2CCc3ccccc32)cc1. The smallest absolute Gasteiger partial charge is 0.170 e. The van der Waals surface area contributed by atoms with E-state index >= 15 is 0 Å². The minimum Gasteiger partial charge on any atom is -0.293 e. The number of carbonyl (C=O) groups excluding carboxylic acids is 1. The number of hydrogen-bond acceptors (Lipinski definition) is 1. The summed E-state index contributed by atoms with van der Waals surface area (Å²) in [4.78, 5) is 12.8. The fourth-order valence-corrected chi connectivity index (χ4v) is 3.17. The number of rotatable bonds is 2. The molecule has 0 heterocycles. The van der Waals surface area contributed by atoms with E-state index in [4.69, 9.17) is 0 Å². The van der Waals surface area contributed by atoms with Crippen molar-refractivity contribution < 1.29 is 4.79 Å². The Labute approximate surface area is 127 Å². The lowest BCUT2D eigenvalue weighted by Gasteiger charge is -2.19. The summed E-state index contributed by atoms with van der Waals surface area (Å²) >= 11 is 0. The van der Waals surface area contributed by atoms with Crippen molar-refractivity contribution in [3.05, 3.63) is 70.8 Å². The zero-order valence-corrected chi connectivity index (χ0v) is 13.0. The van der Waals surface area contributed by atoms with Gasteiger partial charge in [0.2, 0.25) is 0 Å². The molecule has 2 aromatic rings. The molecule has 0 aromatic heterocycles. The molecule has 1 aliphatic carbocycles. The molecule has 0 saturated heterocycles. The topological polar surface area (TPSA) is 17.1 Å². The molecule has 0 bridgehead atoms. The Hall–Kier alpha value is -1.89. The van der Waals surface area contributed by atoms with Gasteiger partial charge < -0.3 is 0 Å². The largest absolute Gasteiger partial charge is 0.293 e. The van der Waals surface area contributed by atoms with Crippen LogP contribution in [-0.2, 0) is 11.8 Å². The predicted molar refractivity (Wildman–Crippen MR) is 87.0 cm³/mol. The summed E-state index contributed by atoms with van der Waals surface area (Å²) in [7, 11) is 0. The van der Waals surface area contributed by atoms with E-state index in [2.05, 4.69) is 51.1 Å². The van der Waals surface area contributed by atoms with Crippen LogP contribution in [-0.4, -0.2) is 5.78 Å². The summed E-state index contributed by atoms with van der Waals surface area (Å²) in [6, 6.07) is 16.5. The zero-order chi connectivity index (χ0) is 15.0. The zero-order valence-electron chi connectivity index (χ0n) is 13.0. The molecule has 1 heteroatoms. The molecular formula is C20H22O. The van der Waals surface area contributed by atoms with Crippen LogP contribution in [0.2, 0.25) is 0 Å². The van der Waals surface area contributed by atoms with Gasteiger partial charge in [0.25, 0.3) is 0 Å². The molecule has 1 aliphatic rings. The molecule has 2 aromatic carbocycles. The highest BCUT2D eigenvalue weighted by Crippen LogP contribution is 2.35. The minimum atomic E-state index is 0.0432. The second-order valence-electron chi connectivity index (χ2n) is 6.98. The van der Waals surface area contributed by atoms with Crippen LogP contribution in [0.3, 0.4) is 0 Å². The fourth-order valence-electron chi connectivity index (χ4n) is 3.17. The summed E-state index contributed by atoms with van der Waals surface area (Å²) in [6.45, 7) is 6.57. The van der Waals surface area contributed by atoms with E-state index in [0.29, 0.717) is 0 Å². The Bertz CT molecular complexity index is 659. The van der Waals surface area contributed by atoms with E-state index in [1.165, 1.54) is 16.7 Å². The molecule has 108 valence electrons. The highest BCUT2D eigenvalue weighted by atomic mass is 16.1. The van der Waals surface area contributed by atoms with Gasteiger partial charge in [-0.15, -0.1) is 0 Å². The number of ketones is 1. The third-order valence-electron chi connectivity index (χ3n) is 4.48. The maximum Gasteiger partial charge on any atom is 0.170 e. The van der Waals surface area contributed by atoms with Gasteiger partial charge in [-0.05, 0) is 34.9 Å². The van der Waals surface area contributed by atoms with Crippen molar-refractivity contribution >= 4 is 5.78 Å². The number of aryl methyl sites for hydroxylation is 1. The van der Waals surface area contributed by atoms with Gasteiger partial charge in [0, 0.05) is 11.5 Å². The molecule has 0 fully saturated rings. The van der Waals surface area contributed by atoms with Gasteiger partial charge in [0.1, 0.15) is 0 Å². The number of carbonyl (C=O) groups is 1. The molecule has 0 aliphatic heterocycles. The van der Waals surface area contributed by atoms with E-state index in [1.807, 2.05) is 18.2 Å². The molecular weight excluding hydrogens is 256 g/mol. The lowest BCUT2D eigenvalue weighted by molar-refractivity contribution is 0.0959. The fraction of sp³-hybridized carbons (Fsp3) is 0.350. The lowest BCUT2D eigenvalue weighted by Crippen LogP contribution is -2.13. The lowest BCUT2D eigenvalue weighted by atomic mass is 9.85. The summed E-state index contributed by atoms with van der Waals surface area (Å²) in [6.07, 6.45) is 1.96. The van der Waals surface area contributed by atoms with Gasteiger partial charge in [-0.25, -0.2) is 0 Å². The summed E-state index contributed by atoms with van der Waals surface area (Å²) in [5.74, 6) is 0.307. The predicted octanol–water partition coefficient (Wildman–Crippen LogP) is 4.90. The Kier molecular flexibility index (Phi) is 3.44. The van der Waals surface area contributed by atoms with Crippen molar-refractivity contribution in [3.8, 4) is 0 Å². The molecule has 1 unspecified atom stereocenters. The second kappa shape index (κ2) is 5.14. The van der Waals surface area contributed by atoms with Crippen LogP contribution in [0.15, 0.2) is 48.5 Å². The molecule has 0 spiro atoms. The van der Waals surface area contributed by atoms with Gasteiger partial charge in [-0.2, -0.15) is 0 Å². The molecule has 1 nitrogen and oxygen atoms in total. The van der Waals surface area contributed by atoms with Crippen molar-refractivity contribution in [3.63, 3.8) is 0 Å². The van der Waals surface area contributed by atoms with Gasteiger partial charge in [0.15, 0.2) is 5.78 Å². The quantitative estimate of drug-likeness (QED) is 0.714. The average molecular weight is 278 g/mol. The summed E-state index contributed by atoms with van der Waals surface area (Å²) in [5.41, 5.74) is 4.79.